The SMILES string of the molecule is CC(I)N=N. The Bertz CT molecular complexity index is 34.6. The molecule has 0 aromatic rings. The number of hydrogen-bond acceptors (Lipinski definition) is 2. The molecule has 0 heterocycles. The summed E-state index contributed by atoms with van der Waals surface area (Å²) in [7, 11) is 0. The van der Waals surface area contributed by atoms with Crippen LogP contribution in [-0.4, -0.2) is 4.05 Å². The molecule has 30 valence electrons. The van der Waals surface area contributed by atoms with Crippen molar-refractivity contribution in [1.29, 1.82) is 5.53 Å². The lowest BCUT2D eigenvalue weighted by Gasteiger charge is -1.79. The first-order chi connectivity index (χ1) is 2.27. The van der Waals surface area contributed by atoms with Gasteiger partial charge in [0.25, 0.3) is 0 Å². The van der Waals surface area contributed by atoms with Crippen molar-refractivity contribution in [2.45, 2.75) is 11.0 Å². The van der Waals surface area contributed by atoms with Crippen molar-refractivity contribution in [3.05, 3.63) is 0 Å². The molecule has 0 amide bonds. The summed E-state index contributed by atoms with van der Waals surface area (Å²) >= 11 is 2.05. The van der Waals surface area contributed by atoms with E-state index < -0.39 is 0 Å². The van der Waals surface area contributed by atoms with Gasteiger partial charge in [-0.2, -0.15) is 5.11 Å². The topological polar surface area (TPSA) is 36.2 Å². The van der Waals surface area contributed by atoms with Gasteiger partial charge in [0.1, 0.15) is 4.05 Å². The quantitative estimate of drug-likeness (QED) is 0.279. The lowest BCUT2D eigenvalue weighted by atomic mass is 10.8. The second-order valence-corrected chi connectivity index (χ2v) is 2.51. The fourth-order valence-corrected chi connectivity index (χ4v) is 0. The van der Waals surface area contributed by atoms with Crippen LogP contribution in [0.2, 0.25) is 0 Å². The van der Waals surface area contributed by atoms with Crippen LogP contribution in [-0.2, 0) is 0 Å². The number of alkyl halides is 1. The lowest BCUT2D eigenvalue weighted by Crippen LogP contribution is -1.73. The predicted molar refractivity (Wildman–Crippen MR) is 28.6 cm³/mol. The Morgan fingerprint density at radius 1 is 2.00 bits per heavy atom. The molecular formula is C2H5IN2. The van der Waals surface area contributed by atoms with Crippen LogP contribution in [0.5, 0.6) is 0 Å². The van der Waals surface area contributed by atoms with Gasteiger partial charge in [0.05, 0.1) is 0 Å². The molecule has 1 unspecified atom stereocenters. The Balaban J connectivity index is 2.83. The predicted octanol–water partition coefficient (Wildman–Crippen LogP) is 1.80. The second kappa shape index (κ2) is 2.56. The normalized spacial score (nSPS) is 14.0. The Kier molecular flexibility index (Phi) is 2.73. The van der Waals surface area contributed by atoms with Crippen LogP contribution < -0.4 is 0 Å². The number of nitrogens with zero attached hydrogens (tertiary/aromatic N) is 1. The van der Waals surface area contributed by atoms with E-state index >= 15 is 0 Å². The molecular weight excluding hydrogens is 179 g/mol. The smallest absolute Gasteiger partial charge is 0.119 e. The van der Waals surface area contributed by atoms with Crippen molar-refractivity contribution in [3.8, 4) is 0 Å². The molecule has 0 saturated carbocycles. The van der Waals surface area contributed by atoms with E-state index in [9.17, 15) is 0 Å². The molecule has 0 rings (SSSR count). The summed E-state index contributed by atoms with van der Waals surface area (Å²) in [5, 5.41) is 3.13. The van der Waals surface area contributed by atoms with Gasteiger partial charge in [-0.25, -0.2) is 5.53 Å². The minimum absolute atomic E-state index is 0.146. The summed E-state index contributed by atoms with van der Waals surface area (Å²) in [5.74, 6) is 0. The highest BCUT2D eigenvalue weighted by molar-refractivity contribution is 14.1. The highest BCUT2D eigenvalue weighted by atomic mass is 127. The third-order valence-electron chi connectivity index (χ3n) is 0.178. The van der Waals surface area contributed by atoms with Crippen molar-refractivity contribution in [3.63, 3.8) is 0 Å². The molecule has 0 aromatic heterocycles. The Labute approximate surface area is 44.6 Å². The molecule has 5 heavy (non-hydrogen) atoms. The van der Waals surface area contributed by atoms with Gasteiger partial charge < -0.3 is 0 Å². The second-order valence-electron chi connectivity index (χ2n) is 0.703. The first-order valence-electron chi connectivity index (χ1n) is 1.28. The number of rotatable bonds is 1. The van der Waals surface area contributed by atoms with E-state index in [1.54, 1.807) is 0 Å². The van der Waals surface area contributed by atoms with Crippen LogP contribution in [0, 0.1) is 5.53 Å². The van der Waals surface area contributed by atoms with Gasteiger partial charge in [0, 0.05) is 0 Å². The van der Waals surface area contributed by atoms with Gasteiger partial charge in [-0.05, 0) is 6.92 Å². The van der Waals surface area contributed by atoms with E-state index in [0.717, 1.165) is 0 Å². The minimum atomic E-state index is 0.146. The van der Waals surface area contributed by atoms with Gasteiger partial charge >= 0.3 is 0 Å². The van der Waals surface area contributed by atoms with Crippen LogP contribution in [0.1, 0.15) is 6.92 Å². The van der Waals surface area contributed by atoms with Crippen LogP contribution in [0.3, 0.4) is 0 Å². The molecule has 2 nitrogen and oxygen atoms in total. The Morgan fingerprint density at radius 2 is 2.20 bits per heavy atom. The molecule has 0 aromatic carbocycles. The summed E-state index contributed by atoms with van der Waals surface area (Å²) in [5.41, 5.74) is 6.27. The zero-order valence-electron chi connectivity index (χ0n) is 2.90. The number of halogens is 1. The molecule has 0 radical (unpaired) electrons. The molecule has 0 aliphatic carbocycles. The highest BCUT2D eigenvalue weighted by Crippen LogP contribution is 1.95. The van der Waals surface area contributed by atoms with Gasteiger partial charge in [-0.1, -0.05) is 22.6 Å². The third kappa shape index (κ3) is 4.33. The molecule has 0 saturated heterocycles. The van der Waals surface area contributed by atoms with Gasteiger partial charge in [0.2, 0.25) is 0 Å². The Hall–Kier alpha value is 0.330. The lowest BCUT2D eigenvalue weighted by molar-refractivity contribution is 0.922. The van der Waals surface area contributed by atoms with Crippen LogP contribution in [0.25, 0.3) is 0 Å². The van der Waals surface area contributed by atoms with E-state index in [1.165, 1.54) is 0 Å². The molecule has 1 N–H and O–H groups in total. The highest BCUT2D eigenvalue weighted by Gasteiger charge is 1.79. The van der Waals surface area contributed by atoms with Crippen molar-refractivity contribution >= 4 is 22.6 Å². The largest absolute Gasteiger partial charge is 0.209 e. The van der Waals surface area contributed by atoms with Crippen molar-refractivity contribution in [2.24, 2.45) is 5.11 Å². The van der Waals surface area contributed by atoms with E-state index in [4.69, 9.17) is 5.53 Å². The van der Waals surface area contributed by atoms with Crippen molar-refractivity contribution in [1.82, 2.24) is 0 Å². The van der Waals surface area contributed by atoms with Gasteiger partial charge in [-0.15, -0.1) is 0 Å². The fourth-order valence-electron chi connectivity index (χ4n) is 0. The molecule has 0 spiro atoms. The van der Waals surface area contributed by atoms with E-state index in [-0.39, 0.29) is 4.05 Å². The maximum Gasteiger partial charge on any atom is 0.119 e. The zero-order valence-corrected chi connectivity index (χ0v) is 5.06. The van der Waals surface area contributed by atoms with E-state index in [0.29, 0.717) is 0 Å². The average Bonchev–Trinajstić information content (AvgIpc) is 1.38. The molecule has 0 aliphatic heterocycles. The number of nitrogens with one attached hydrogen (secondary N) is 1. The molecule has 3 heteroatoms. The Morgan fingerprint density at radius 3 is 2.20 bits per heavy atom. The average molecular weight is 184 g/mol. The summed E-state index contributed by atoms with van der Waals surface area (Å²) in [6, 6.07) is 0. The van der Waals surface area contributed by atoms with E-state index in [1.807, 2.05) is 6.92 Å². The molecule has 0 fully saturated rings. The zero-order chi connectivity index (χ0) is 4.28. The fraction of sp³-hybridized carbons (Fsp3) is 1.00. The standard InChI is InChI=1S/C2H5IN2/c1-2(3)5-4/h2,4H,1H3. The maximum atomic E-state index is 6.27. The van der Waals surface area contributed by atoms with Gasteiger partial charge in [-0.3, -0.25) is 0 Å². The van der Waals surface area contributed by atoms with Crippen LogP contribution in [0.15, 0.2) is 5.11 Å². The summed E-state index contributed by atoms with van der Waals surface area (Å²) in [6.45, 7) is 1.85. The van der Waals surface area contributed by atoms with E-state index in [2.05, 4.69) is 27.7 Å². The minimum Gasteiger partial charge on any atom is -0.209 e. The summed E-state index contributed by atoms with van der Waals surface area (Å²) < 4.78 is 0.146. The van der Waals surface area contributed by atoms with Crippen LogP contribution in [0.4, 0.5) is 0 Å². The maximum absolute atomic E-state index is 6.27. The first-order valence-corrected chi connectivity index (χ1v) is 2.52. The number of hydrogen-bond donors (Lipinski definition) is 1. The monoisotopic (exact) mass is 184 g/mol. The van der Waals surface area contributed by atoms with Crippen molar-refractivity contribution in [2.75, 3.05) is 0 Å². The third-order valence-corrected chi connectivity index (χ3v) is 0.456. The van der Waals surface area contributed by atoms with Gasteiger partial charge in [0.15, 0.2) is 0 Å². The molecule has 0 bridgehead atoms. The summed E-state index contributed by atoms with van der Waals surface area (Å²) in [4.78, 5) is 0. The molecule has 1 atom stereocenters. The first kappa shape index (κ1) is 5.33. The summed E-state index contributed by atoms with van der Waals surface area (Å²) in [6.07, 6.45) is 0. The molecule has 0 aliphatic rings. The van der Waals surface area contributed by atoms with Crippen molar-refractivity contribution < 1.29 is 0 Å². The van der Waals surface area contributed by atoms with Crippen LogP contribution >= 0.6 is 22.6 Å².